The highest BCUT2D eigenvalue weighted by Crippen LogP contribution is 2.25. The Morgan fingerprint density at radius 1 is 1.25 bits per heavy atom. The lowest BCUT2D eigenvalue weighted by molar-refractivity contribution is -0.148. The standard InChI is InChI=1S/C12H23NO3/c1-5-6-9(11(14)13-4)10(12(15)16)7-8(2)3/h8-10H,5-7H2,1-4H3,(H,13,14)(H,15,16)/t9-,10+/m0/s1. The summed E-state index contributed by atoms with van der Waals surface area (Å²) in [5, 5.41) is 11.7. The molecule has 0 saturated heterocycles. The second kappa shape index (κ2) is 7.25. The summed E-state index contributed by atoms with van der Waals surface area (Å²) >= 11 is 0. The first-order valence-electron chi connectivity index (χ1n) is 5.88. The third-order valence-electron chi connectivity index (χ3n) is 2.71. The Bertz CT molecular complexity index is 238. The first kappa shape index (κ1) is 14.9. The lowest BCUT2D eigenvalue weighted by atomic mass is 9.82. The Morgan fingerprint density at radius 2 is 1.81 bits per heavy atom. The number of hydrogen-bond donors (Lipinski definition) is 2. The molecule has 94 valence electrons. The van der Waals surface area contributed by atoms with Crippen molar-refractivity contribution >= 4 is 11.9 Å². The molecule has 0 aromatic heterocycles. The van der Waals surface area contributed by atoms with Crippen LogP contribution in [0.4, 0.5) is 0 Å². The average molecular weight is 229 g/mol. The van der Waals surface area contributed by atoms with Crippen molar-refractivity contribution in [3.63, 3.8) is 0 Å². The molecule has 0 aromatic rings. The molecule has 0 spiro atoms. The smallest absolute Gasteiger partial charge is 0.307 e. The van der Waals surface area contributed by atoms with Crippen molar-refractivity contribution in [3.05, 3.63) is 0 Å². The number of nitrogens with one attached hydrogen (secondary N) is 1. The quantitative estimate of drug-likeness (QED) is 0.700. The van der Waals surface area contributed by atoms with Crippen molar-refractivity contribution in [1.82, 2.24) is 5.32 Å². The van der Waals surface area contributed by atoms with Gasteiger partial charge in [-0.1, -0.05) is 27.2 Å². The predicted octanol–water partition coefficient (Wildman–Crippen LogP) is 1.90. The molecule has 1 amide bonds. The third kappa shape index (κ3) is 4.64. The van der Waals surface area contributed by atoms with E-state index in [1.165, 1.54) is 0 Å². The molecule has 0 aromatic carbocycles. The molecule has 0 rings (SSSR count). The Hall–Kier alpha value is -1.06. The van der Waals surface area contributed by atoms with Crippen molar-refractivity contribution in [3.8, 4) is 0 Å². The predicted molar refractivity (Wildman–Crippen MR) is 63.0 cm³/mol. The van der Waals surface area contributed by atoms with Crippen LogP contribution in [0.2, 0.25) is 0 Å². The summed E-state index contributed by atoms with van der Waals surface area (Å²) in [6, 6.07) is 0. The summed E-state index contributed by atoms with van der Waals surface area (Å²) in [5.74, 6) is -1.72. The molecular weight excluding hydrogens is 206 g/mol. The molecule has 0 bridgehead atoms. The Balaban J connectivity index is 4.78. The molecule has 2 atom stereocenters. The summed E-state index contributed by atoms with van der Waals surface area (Å²) in [4.78, 5) is 22.8. The number of hydrogen-bond acceptors (Lipinski definition) is 2. The van der Waals surface area contributed by atoms with Gasteiger partial charge in [0.2, 0.25) is 5.91 Å². The maximum atomic E-state index is 11.7. The highest BCUT2D eigenvalue weighted by molar-refractivity contribution is 5.84. The van der Waals surface area contributed by atoms with Crippen LogP contribution in [0, 0.1) is 17.8 Å². The van der Waals surface area contributed by atoms with Crippen LogP contribution in [0.3, 0.4) is 0 Å². The molecule has 4 nitrogen and oxygen atoms in total. The van der Waals surface area contributed by atoms with Gasteiger partial charge in [0.1, 0.15) is 0 Å². The Labute approximate surface area is 97.4 Å². The fourth-order valence-corrected chi connectivity index (χ4v) is 1.96. The van der Waals surface area contributed by atoms with Gasteiger partial charge < -0.3 is 10.4 Å². The van der Waals surface area contributed by atoms with Gasteiger partial charge >= 0.3 is 5.97 Å². The van der Waals surface area contributed by atoms with Crippen molar-refractivity contribution in [1.29, 1.82) is 0 Å². The van der Waals surface area contributed by atoms with Gasteiger partial charge in [0, 0.05) is 7.05 Å². The first-order chi connectivity index (χ1) is 7.43. The molecule has 0 fully saturated rings. The van der Waals surface area contributed by atoms with Gasteiger partial charge in [-0.15, -0.1) is 0 Å². The minimum Gasteiger partial charge on any atom is -0.481 e. The minimum atomic E-state index is -0.865. The van der Waals surface area contributed by atoms with Crippen LogP contribution in [0.15, 0.2) is 0 Å². The summed E-state index contributed by atoms with van der Waals surface area (Å²) in [7, 11) is 1.55. The molecule has 4 heteroatoms. The molecule has 0 aliphatic carbocycles. The number of amides is 1. The molecule has 16 heavy (non-hydrogen) atoms. The van der Waals surface area contributed by atoms with E-state index in [1.807, 2.05) is 20.8 Å². The summed E-state index contributed by atoms with van der Waals surface area (Å²) in [5.41, 5.74) is 0. The van der Waals surface area contributed by atoms with E-state index in [1.54, 1.807) is 7.05 Å². The van der Waals surface area contributed by atoms with Crippen LogP contribution < -0.4 is 5.32 Å². The van der Waals surface area contributed by atoms with Crippen molar-refractivity contribution in [2.45, 2.75) is 40.0 Å². The SMILES string of the molecule is CCC[C@H](C(=O)NC)[C@@H](CC(C)C)C(=O)O. The summed E-state index contributed by atoms with van der Waals surface area (Å²) in [6.07, 6.45) is 2.00. The number of carboxylic acid groups (broad SMARTS) is 1. The van der Waals surface area contributed by atoms with E-state index in [9.17, 15) is 14.7 Å². The fraction of sp³-hybridized carbons (Fsp3) is 0.833. The van der Waals surface area contributed by atoms with Gasteiger partial charge in [-0.2, -0.15) is 0 Å². The second-order valence-electron chi connectivity index (χ2n) is 4.58. The molecule has 0 saturated carbocycles. The largest absolute Gasteiger partial charge is 0.481 e. The van der Waals surface area contributed by atoms with E-state index in [-0.39, 0.29) is 11.8 Å². The van der Waals surface area contributed by atoms with Crippen molar-refractivity contribution in [2.24, 2.45) is 17.8 Å². The number of carbonyl (C=O) groups excluding carboxylic acids is 1. The normalized spacial score (nSPS) is 14.6. The van der Waals surface area contributed by atoms with Gasteiger partial charge in [-0.3, -0.25) is 9.59 Å². The summed E-state index contributed by atoms with van der Waals surface area (Å²) in [6.45, 7) is 5.91. The summed E-state index contributed by atoms with van der Waals surface area (Å²) < 4.78 is 0. The second-order valence-corrected chi connectivity index (χ2v) is 4.58. The lowest BCUT2D eigenvalue weighted by Gasteiger charge is -2.23. The highest BCUT2D eigenvalue weighted by Gasteiger charge is 2.32. The molecular formula is C12H23NO3. The third-order valence-corrected chi connectivity index (χ3v) is 2.71. The van der Waals surface area contributed by atoms with E-state index >= 15 is 0 Å². The van der Waals surface area contributed by atoms with Crippen LogP contribution in [-0.2, 0) is 9.59 Å². The number of rotatable bonds is 7. The van der Waals surface area contributed by atoms with Gasteiger partial charge in [0.15, 0.2) is 0 Å². The van der Waals surface area contributed by atoms with Crippen molar-refractivity contribution < 1.29 is 14.7 Å². The molecule has 0 heterocycles. The van der Waals surface area contributed by atoms with E-state index in [0.29, 0.717) is 12.8 Å². The van der Waals surface area contributed by atoms with Crippen LogP contribution in [0.25, 0.3) is 0 Å². The lowest BCUT2D eigenvalue weighted by Crippen LogP contribution is -2.37. The molecule has 0 radical (unpaired) electrons. The van der Waals surface area contributed by atoms with E-state index in [0.717, 1.165) is 6.42 Å². The van der Waals surface area contributed by atoms with Crippen LogP contribution in [0.1, 0.15) is 40.0 Å². The zero-order valence-electron chi connectivity index (χ0n) is 10.6. The van der Waals surface area contributed by atoms with Crippen LogP contribution in [-0.4, -0.2) is 24.0 Å². The monoisotopic (exact) mass is 229 g/mol. The molecule has 2 N–H and O–H groups in total. The Morgan fingerprint density at radius 3 is 2.12 bits per heavy atom. The Kier molecular flexibility index (Phi) is 6.77. The first-order valence-corrected chi connectivity index (χ1v) is 5.88. The van der Waals surface area contributed by atoms with Gasteiger partial charge in [-0.05, 0) is 18.8 Å². The van der Waals surface area contributed by atoms with Crippen molar-refractivity contribution in [2.75, 3.05) is 7.05 Å². The topological polar surface area (TPSA) is 66.4 Å². The molecule has 0 aliphatic heterocycles. The van der Waals surface area contributed by atoms with Gasteiger partial charge in [0.05, 0.1) is 11.8 Å². The van der Waals surface area contributed by atoms with E-state index in [4.69, 9.17) is 0 Å². The van der Waals surface area contributed by atoms with Crippen LogP contribution >= 0.6 is 0 Å². The average Bonchev–Trinajstić information content (AvgIpc) is 2.21. The number of carboxylic acids is 1. The number of carbonyl (C=O) groups is 2. The zero-order valence-corrected chi connectivity index (χ0v) is 10.6. The minimum absolute atomic E-state index is 0.157. The molecule has 0 unspecified atom stereocenters. The fourth-order valence-electron chi connectivity index (χ4n) is 1.96. The zero-order chi connectivity index (χ0) is 12.7. The number of aliphatic carboxylic acids is 1. The molecule has 0 aliphatic rings. The van der Waals surface area contributed by atoms with Crippen LogP contribution in [0.5, 0.6) is 0 Å². The van der Waals surface area contributed by atoms with E-state index < -0.39 is 17.8 Å². The van der Waals surface area contributed by atoms with Gasteiger partial charge in [0.25, 0.3) is 0 Å². The highest BCUT2D eigenvalue weighted by atomic mass is 16.4. The maximum absolute atomic E-state index is 11.7. The van der Waals surface area contributed by atoms with E-state index in [2.05, 4.69) is 5.32 Å². The maximum Gasteiger partial charge on any atom is 0.307 e. The van der Waals surface area contributed by atoms with Gasteiger partial charge in [-0.25, -0.2) is 0 Å².